The van der Waals surface area contributed by atoms with Gasteiger partial charge in [0.25, 0.3) is 5.91 Å². The van der Waals surface area contributed by atoms with Crippen LogP contribution in [0.2, 0.25) is 0 Å². The van der Waals surface area contributed by atoms with Crippen LogP contribution < -0.4 is 10.6 Å². The number of hydrogen-bond donors (Lipinski definition) is 2. The molecule has 2 aromatic rings. The summed E-state index contributed by atoms with van der Waals surface area (Å²) in [6.45, 7) is 10.4. The van der Waals surface area contributed by atoms with Crippen LogP contribution in [0.4, 0.5) is 23.8 Å². The van der Waals surface area contributed by atoms with Crippen LogP contribution in [0.15, 0.2) is 41.4 Å². The molecule has 0 radical (unpaired) electrons. The average molecular weight is 813 g/mol. The number of nitriles is 1. The minimum atomic E-state index is -4.77. The van der Waals surface area contributed by atoms with Gasteiger partial charge in [-0.25, -0.2) is 9.78 Å². The molecule has 3 saturated heterocycles. The highest BCUT2D eigenvalue weighted by Crippen LogP contribution is 2.42. The van der Waals surface area contributed by atoms with E-state index in [-0.39, 0.29) is 59.8 Å². The number of amides is 6. The zero-order valence-corrected chi connectivity index (χ0v) is 33.1. The number of piperazine rings is 1. The Morgan fingerprint density at radius 3 is 2.37 bits per heavy atom. The quantitative estimate of drug-likeness (QED) is 0.180. The van der Waals surface area contributed by atoms with E-state index in [2.05, 4.69) is 39.3 Å². The Hall–Kier alpha value is -4.57. The maximum Gasteiger partial charge on any atom is 0.417 e. The van der Waals surface area contributed by atoms with E-state index < -0.39 is 40.7 Å². The van der Waals surface area contributed by atoms with E-state index in [0.29, 0.717) is 68.6 Å². The third-order valence-corrected chi connectivity index (χ3v) is 12.2. The highest BCUT2D eigenvalue weighted by molar-refractivity contribution is 7.98. The Morgan fingerprint density at radius 2 is 1.75 bits per heavy atom. The number of carbonyl (C=O) groups excluding carboxylic acids is 5. The van der Waals surface area contributed by atoms with Crippen molar-refractivity contribution in [1.82, 2.24) is 29.3 Å². The van der Waals surface area contributed by atoms with E-state index in [1.807, 2.05) is 0 Å². The highest BCUT2D eigenvalue weighted by atomic mass is 32.2. The van der Waals surface area contributed by atoms with Crippen LogP contribution in [-0.4, -0.2) is 116 Å². The largest absolute Gasteiger partial charge is 0.417 e. The molecule has 4 heterocycles. The smallest absolute Gasteiger partial charge is 0.377 e. The van der Waals surface area contributed by atoms with Crippen molar-refractivity contribution >= 4 is 47.4 Å². The molecule has 14 nitrogen and oxygen atoms in total. The Balaban J connectivity index is 0.929. The fourth-order valence-electron chi connectivity index (χ4n) is 8.31. The third-order valence-electron chi connectivity index (χ3n) is 11.3. The van der Waals surface area contributed by atoms with Crippen molar-refractivity contribution in [2.24, 2.45) is 0 Å². The molecule has 1 aliphatic carbocycles. The summed E-state index contributed by atoms with van der Waals surface area (Å²) in [6, 6.07) is 7.46. The van der Waals surface area contributed by atoms with Crippen LogP contribution in [0.5, 0.6) is 0 Å². The van der Waals surface area contributed by atoms with Crippen LogP contribution in [0.25, 0.3) is 0 Å². The van der Waals surface area contributed by atoms with Gasteiger partial charge in [0.15, 0.2) is 0 Å². The van der Waals surface area contributed by atoms with Crippen molar-refractivity contribution in [3.63, 3.8) is 0 Å². The highest BCUT2D eigenvalue weighted by Gasteiger charge is 2.55. The van der Waals surface area contributed by atoms with Gasteiger partial charge in [0.2, 0.25) is 17.7 Å². The molecule has 306 valence electrons. The van der Waals surface area contributed by atoms with Crippen LogP contribution in [0, 0.1) is 11.3 Å². The van der Waals surface area contributed by atoms with E-state index in [0.717, 1.165) is 29.5 Å². The number of ether oxygens (including phenoxy) is 1. The third kappa shape index (κ3) is 9.43. The molecule has 3 atom stereocenters. The van der Waals surface area contributed by atoms with Gasteiger partial charge in [-0.3, -0.25) is 34.3 Å². The predicted molar refractivity (Wildman–Crippen MR) is 202 cm³/mol. The number of piperidine rings is 1. The number of imide groups is 2. The summed E-state index contributed by atoms with van der Waals surface area (Å²) in [5.41, 5.74) is -2.16. The molecule has 3 aliphatic heterocycles. The monoisotopic (exact) mass is 812 g/mol. The van der Waals surface area contributed by atoms with Crippen LogP contribution in [-0.2, 0) is 30.1 Å². The Labute approximate surface area is 333 Å². The molecule has 1 aromatic heterocycles. The molecule has 57 heavy (non-hydrogen) atoms. The van der Waals surface area contributed by atoms with Gasteiger partial charge in [-0.15, -0.1) is 0 Å². The standard InChI is InChI=1S/C39H47F3N8O6S/c1-23-20-47(21-24(2)48(23)22-34(52)45-32-13-6-26(19-44-32)30-12-14-33(51)46-35(30)53)15-16-56-28-9-7-27(8-10-28)49-37(55)50(36(54)38(49,3)4)57-29-11-5-25(18-43)31(17-29)39(40,41)42/h5-6,11,13,17,19,23-24,27-28,30H,7-10,12,14-16,20-22H2,1-4H3,(H,44,45,52)(H,46,51,53)/t23-,24+,27?,28?,30?. The number of aromatic nitrogens is 1. The lowest BCUT2D eigenvalue weighted by Gasteiger charge is -2.44. The number of halogens is 3. The number of nitrogens with zero attached hydrogens (tertiary/aromatic N) is 6. The van der Waals surface area contributed by atoms with Crippen molar-refractivity contribution in [2.45, 2.75) is 113 Å². The first-order valence-electron chi connectivity index (χ1n) is 19.1. The van der Waals surface area contributed by atoms with Gasteiger partial charge < -0.3 is 15.0 Å². The second-order valence-corrected chi connectivity index (χ2v) is 16.7. The second kappa shape index (κ2) is 17.1. The summed E-state index contributed by atoms with van der Waals surface area (Å²) in [5, 5.41) is 14.3. The summed E-state index contributed by atoms with van der Waals surface area (Å²) in [5.74, 6) is -1.39. The van der Waals surface area contributed by atoms with E-state index >= 15 is 0 Å². The number of pyridine rings is 1. The Morgan fingerprint density at radius 1 is 1.05 bits per heavy atom. The summed E-state index contributed by atoms with van der Waals surface area (Å²) in [7, 11) is 0. The first-order chi connectivity index (χ1) is 27.0. The predicted octanol–water partition coefficient (Wildman–Crippen LogP) is 4.90. The summed E-state index contributed by atoms with van der Waals surface area (Å²) in [4.78, 5) is 74.0. The van der Waals surface area contributed by atoms with Gasteiger partial charge in [0.1, 0.15) is 11.4 Å². The van der Waals surface area contributed by atoms with Gasteiger partial charge in [-0.05, 0) is 102 Å². The number of urea groups is 1. The molecule has 0 spiro atoms. The van der Waals surface area contributed by atoms with E-state index in [1.165, 1.54) is 12.1 Å². The molecule has 18 heteroatoms. The molecule has 1 aromatic carbocycles. The van der Waals surface area contributed by atoms with Crippen molar-refractivity contribution < 1.29 is 41.9 Å². The molecule has 2 N–H and O–H groups in total. The minimum absolute atomic E-state index is 0.0192. The van der Waals surface area contributed by atoms with Crippen molar-refractivity contribution in [2.75, 3.05) is 38.1 Å². The Bertz CT molecular complexity index is 1900. The van der Waals surface area contributed by atoms with E-state index in [4.69, 9.17) is 10.00 Å². The topological polar surface area (TPSA) is 168 Å². The van der Waals surface area contributed by atoms with Crippen LogP contribution in [0.3, 0.4) is 0 Å². The lowest BCUT2D eigenvalue weighted by Crippen LogP contribution is -2.58. The molecular weight excluding hydrogens is 766 g/mol. The van der Waals surface area contributed by atoms with Crippen molar-refractivity contribution in [3.8, 4) is 6.07 Å². The van der Waals surface area contributed by atoms with Gasteiger partial charge in [-0.1, -0.05) is 6.07 Å². The molecular formula is C39H47F3N8O6S. The lowest BCUT2D eigenvalue weighted by atomic mass is 9.89. The summed E-state index contributed by atoms with van der Waals surface area (Å²) < 4.78 is 47.9. The normalized spacial score (nSPS) is 26.0. The first kappa shape index (κ1) is 42.0. The molecule has 4 aliphatic rings. The lowest BCUT2D eigenvalue weighted by molar-refractivity contribution is -0.138. The number of rotatable bonds is 11. The number of carbonyl (C=O) groups is 5. The summed E-state index contributed by atoms with van der Waals surface area (Å²) in [6.07, 6.45) is 0.0422. The van der Waals surface area contributed by atoms with Gasteiger partial charge in [-0.2, -0.15) is 22.7 Å². The summed E-state index contributed by atoms with van der Waals surface area (Å²) >= 11 is 0.631. The van der Waals surface area contributed by atoms with Gasteiger partial charge in [0.05, 0.1) is 42.4 Å². The minimum Gasteiger partial charge on any atom is -0.377 e. The number of benzene rings is 1. The van der Waals surface area contributed by atoms with Crippen LogP contribution >= 0.6 is 11.9 Å². The SMILES string of the molecule is C[C@@H]1CN(CCOC2CCC(N3C(=O)N(Sc4ccc(C#N)c(C(F)(F)F)c4)C(=O)C3(C)C)CC2)C[C@H](C)N1CC(=O)Nc1ccc(C2CCC(=O)NC2=O)cn1. The number of hydrogen-bond acceptors (Lipinski definition) is 11. The fourth-order valence-corrected chi connectivity index (χ4v) is 9.29. The molecule has 1 unspecified atom stereocenters. The second-order valence-electron chi connectivity index (χ2n) is 15.7. The molecule has 4 fully saturated rings. The first-order valence-corrected chi connectivity index (χ1v) is 19.9. The van der Waals surface area contributed by atoms with Crippen LogP contribution in [0.1, 0.15) is 88.8 Å². The molecule has 0 bridgehead atoms. The molecule has 6 rings (SSSR count). The maximum absolute atomic E-state index is 13.6. The van der Waals surface area contributed by atoms with E-state index in [9.17, 15) is 37.1 Å². The fraction of sp³-hybridized carbons (Fsp3) is 0.564. The number of anilines is 1. The Kier molecular flexibility index (Phi) is 12.6. The molecule has 1 saturated carbocycles. The maximum atomic E-state index is 13.6. The number of alkyl halides is 3. The molecule has 6 amide bonds. The average Bonchev–Trinajstić information content (AvgIpc) is 3.32. The van der Waals surface area contributed by atoms with Crippen molar-refractivity contribution in [3.05, 3.63) is 53.2 Å². The zero-order chi connectivity index (χ0) is 41.2. The van der Waals surface area contributed by atoms with Crippen molar-refractivity contribution in [1.29, 1.82) is 5.26 Å². The van der Waals surface area contributed by atoms with Gasteiger partial charge in [0, 0.05) is 55.3 Å². The van der Waals surface area contributed by atoms with E-state index in [1.54, 1.807) is 37.1 Å². The zero-order valence-electron chi connectivity index (χ0n) is 32.3. The number of nitrogens with one attached hydrogen (secondary N) is 2. The van der Waals surface area contributed by atoms with Gasteiger partial charge >= 0.3 is 12.2 Å².